The molecule has 0 saturated heterocycles. The zero-order valence-corrected chi connectivity index (χ0v) is 18.0. The lowest BCUT2D eigenvalue weighted by atomic mass is 10.1. The van der Waals surface area contributed by atoms with Gasteiger partial charge in [0, 0.05) is 30.7 Å². The molecule has 0 bridgehead atoms. The van der Waals surface area contributed by atoms with Crippen LogP contribution in [0.2, 0.25) is 0 Å². The number of nitrogens with one attached hydrogen (secondary N) is 1. The number of halogens is 1. The average molecular weight is 415 g/mol. The van der Waals surface area contributed by atoms with Gasteiger partial charge in [-0.2, -0.15) is 0 Å². The quantitative estimate of drug-likeness (QED) is 0.419. The summed E-state index contributed by atoms with van der Waals surface area (Å²) in [5.74, 6) is -0.244. The Morgan fingerprint density at radius 2 is 1.42 bits per heavy atom. The van der Waals surface area contributed by atoms with Crippen LogP contribution in [0.25, 0.3) is 10.9 Å². The third kappa shape index (κ3) is 5.28. The summed E-state index contributed by atoms with van der Waals surface area (Å²) in [6, 6.07) is 23.2. The topological polar surface area (TPSA) is 36.1 Å². The number of aromatic amines is 1. The molecule has 4 heteroatoms. The number of hydrogen-bond acceptors (Lipinski definition) is 2. The zero-order valence-electron chi connectivity index (χ0n) is 18.0. The normalized spacial score (nSPS) is 11.4. The lowest BCUT2D eigenvalue weighted by Gasteiger charge is -2.23. The van der Waals surface area contributed by atoms with E-state index in [1.165, 1.54) is 23.3 Å². The van der Waals surface area contributed by atoms with Crippen molar-refractivity contribution in [1.29, 1.82) is 0 Å². The number of aryl methyl sites for hydroxylation is 2. The van der Waals surface area contributed by atoms with Crippen LogP contribution in [-0.2, 0) is 26.1 Å². The summed E-state index contributed by atoms with van der Waals surface area (Å²) >= 11 is 0. The van der Waals surface area contributed by atoms with Crippen molar-refractivity contribution >= 4 is 10.9 Å². The Kier molecular flexibility index (Phi) is 6.28. The van der Waals surface area contributed by atoms with Crippen molar-refractivity contribution in [3.8, 4) is 0 Å². The van der Waals surface area contributed by atoms with Crippen LogP contribution in [0.5, 0.6) is 0 Å². The molecule has 1 N–H and O–H groups in total. The first-order chi connectivity index (χ1) is 15.0. The van der Waals surface area contributed by atoms with Gasteiger partial charge in [0.1, 0.15) is 5.82 Å². The molecule has 0 atom stereocenters. The van der Waals surface area contributed by atoms with Crippen molar-refractivity contribution < 1.29 is 4.39 Å². The number of nitrogens with zero attached hydrogens (tertiary/aromatic N) is 1. The molecule has 0 saturated carbocycles. The second-order valence-electron chi connectivity index (χ2n) is 8.16. The molecule has 0 unspecified atom stereocenters. The zero-order chi connectivity index (χ0) is 21.8. The number of pyridine rings is 1. The molecule has 31 heavy (non-hydrogen) atoms. The maximum absolute atomic E-state index is 13.4. The summed E-state index contributed by atoms with van der Waals surface area (Å²) in [6.07, 6.45) is 1.01. The average Bonchev–Trinajstić information content (AvgIpc) is 2.76. The summed E-state index contributed by atoms with van der Waals surface area (Å²) in [5.41, 5.74) is 6.13. The third-order valence-electron chi connectivity index (χ3n) is 5.63. The molecule has 1 heterocycles. The summed E-state index contributed by atoms with van der Waals surface area (Å²) < 4.78 is 13.4. The molecule has 4 rings (SSSR count). The summed E-state index contributed by atoms with van der Waals surface area (Å²) in [6.45, 7) is 5.99. The standard InChI is InChI=1S/C27H27FN2O/c1-3-20-5-7-21(8-6-20)16-30(17-22-9-12-25(28)13-10-22)18-24-15-23-11-4-19(2)14-26(23)29-27(24)31/h4-15H,3,16-18H2,1-2H3,(H,29,31). The van der Waals surface area contributed by atoms with Gasteiger partial charge < -0.3 is 4.98 Å². The lowest BCUT2D eigenvalue weighted by Crippen LogP contribution is -2.26. The Morgan fingerprint density at radius 3 is 2.06 bits per heavy atom. The lowest BCUT2D eigenvalue weighted by molar-refractivity contribution is 0.246. The molecule has 4 aromatic rings. The van der Waals surface area contributed by atoms with Crippen LogP contribution < -0.4 is 5.56 Å². The minimum absolute atomic E-state index is 0.0662. The highest BCUT2D eigenvalue weighted by molar-refractivity contribution is 5.79. The van der Waals surface area contributed by atoms with Crippen molar-refractivity contribution in [2.24, 2.45) is 0 Å². The largest absolute Gasteiger partial charge is 0.322 e. The highest BCUT2D eigenvalue weighted by atomic mass is 19.1. The number of benzene rings is 3. The minimum Gasteiger partial charge on any atom is -0.322 e. The molecule has 0 spiro atoms. The van der Waals surface area contributed by atoms with E-state index in [0.717, 1.165) is 34.0 Å². The molecule has 0 aliphatic heterocycles. The summed E-state index contributed by atoms with van der Waals surface area (Å²) in [4.78, 5) is 18.0. The van der Waals surface area contributed by atoms with Gasteiger partial charge in [-0.3, -0.25) is 9.69 Å². The number of rotatable bonds is 7. The molecular formula is C27H27FN2O. The Balaban J connectivity index is 1.63. The van der Waals surface area contributed by atoms with E-state index in [4.69, 9.17) is 0 Å². The maximum atomic E-state index is 13.4. The predicted molar refractivity (Wildman–Crippen MR) is 124 cm³/mol. The van der Waals surface area contributed by atoms with Gasteiger partial charge in [-0.15, -0.1) is 0 Å². The van der Waals surface area contributed by atoms with Crippen LogP contribution in [0.15, 0.2) is 77.6 Å². The van der Waals surface area contributed by atoms with Gasteiger partial charge in [0.05, 0.1) is 0 Å². The van der Waals surface area contributed by atoms with Crippen molar-refractivity contribution in [3.05, 3.63) is 117 Å². The van der Waals surface area contributed by atoms with E-state index in [0.29, 0.717) is 19.6 Å². The van der Waals surface area contributed by atoms with Crippen molar-refractivity contribution in [1.82, 2.24) is 9.88 Å². The van der Waals surface area contributed by atoms with Gasteiger partial charge in [0.25, 0.3) is 5.56 Å². The molecule has 158 valence electrons. The van der Waals surface area contributed by atoms with Gasteiger partial charge in [-0.25, -0.2) is 4.39 Å². The fraction of sp³-hybridized carbons (Fsp3) is 0.222. The second kappa shape index (κ2) is 9.27. The first-order valence-corrected chi connectivity index (χ1v) is 10.7. The Labute approximate surface area is 182 Å². The fourth-order valence-electron chi connectivity index (χ4n) is 3.87. The van der Waals surface area contributed by atoms with Crippen molar-refractivity contribution in [3.63, 3.8) is 0 Å². The van der Waals surface area contributed by atoms with E-state index in [1.54, 1.807) is 12.1 Å². The third-order valence-corrected chi connectivity index (χ3v) is 5.63. The molecule has 0 fully saturated rings. The Hall–Kier alpha value is -3.24. The number of hydrogen-bond donors (Lipinski definition) is 1. The number of fused-ring (bicyclic) bond motifs is 1. The van der Waals surface area contributed by atoms with E-state index in [2.05, 4.69) is 47.1 Å². The minimum atomic E-state index is -0.244. The molecule has 1 aromatic heterocycles. The smallest absolute Gasteiger partial charge is 0.252 e. The van der Waals surface area contributed by atoms with Crippen LogP contribution in [0, 0.1) is 12.7 Å². The molecular weight excluding hydrogens is 387 g/mol. The second-order valence-corrected chi connectivity index (χ2v) is 8.16. The van der Waals surface area contributed by atoms with E-state index in [9.17, 15) is 9.18 Å². The van der Waals surface area contributed by atoms with E-state index < -0.39 is 0 Å². The van der Waals surface area contributed by atoms with E-state index in [1.807, 2.05) is 25.1 Å². The highest BCUT2D eigenvalue weighted by Gasteiger charge is 2.12. The van der Waals surface area contributed by atoms with Crippen molar-refractivity contribution in [2.45, 2.75) is 39.9 Å². The van der Waals surface area contributed by atoms with Gasteiger partial charge in [0.2, 0.25) is 0 Å². The summed E-state index contributed by atoms with van der Waals surface area (Å²) in [7, 11) is 0. The van der Waals surface area contributed by atoms with Gasteiger partial charge in [-0.1, -0.05) is 55.5 Å². The van der Waals surface area contributed by atoms with Gasteiger partial charge in [-0.05, 0) is 65.3 Å². The monoisotopic (exact) mass is 414 g/mol. The molecule has 0 radical (unpaired) electrons. The van der Waals surface area contributed by atoms with Crippen LogP contribution in [-0.4, -0.2) is 9.88 Å². The van der Waals surface area contributed by atoms with Crippen LogP contribution in [0.1, 0.15) is 34.7 Å². The molecule has 0 aliphatic carbocycles. The Bertz CT molecular complexity index is 1230. The maximum Gasteiger partial charge on any atom is 0.252 e. The Morgan fingerprint density at radius 1 is 0.806 bits per heavy atom. The molecule has 0 amide bonds. The van der Waals surface area contributed by atoms with Gasteiger partial charge in [0.15, 0.2) is 0 Å². The predicted octanol–water partition coefficient (Wildman–Crippen LogP) is 5.74. The summed E-state index contributed by atoms with van der Waals surface area (Å²) in [5, 5.41) is 1.02. The molecule has 3 aromatic carbocycles. The van der Waals surface area contributed by atoms with Crippen LogP contribution >= 0.6 is 0 Å². The van der Waals surface area contributed by atoms with E-state index in [-0.39, 0.29) is 11.4 Å². The molecule has 0 aliphatic rings. The van der Waals surface area contributed by atoms with Crippen molar-refractivity contribution in [2.75, 3.05) is 0 Å². The first-order valence-electron chi connectivity index (χ1n) is 10.7. The SMILES string of the molecule is CCc1ccc(CN(Cc2ccc(F)cc2)Cc2cc3ccc(C)cc3[nH]c2=O)cc1. The van der Waals surface area contributed by atoms with E-state index >= 15 is 0 Å². The van der Waals surface area contributed by atoms with Crippen LogP contribution in [0.3, 0.4) is 0 Å². The van der Waals surface area contributed by atoms with Gasteiger partial charge >= 0.3 is 0 Å². The van der Waals surface area contributed by atoms with Crippen LogP contribution in [0.4, 0.5) is 4.39 Å². The molecule has 3 nitrogen and oxygen atoms in total. The highest BCUT2D eigenvalue weighted by Crippen LogP contribution is 2.17. The fourth-order valence-corrected chi connectivity index (χ4v) is 3.87. The number of H-pyrrole nitrogens is 1. The number of aromatic nitrogens is 1. The first kappa shape index (κ1) is 21.0.